The van der Waals surface area contributed by atoms with Crippen molar-refractivity contribution < 1.29 is 9.50 Å². The third kappa shape index (κ3) is 2.96. The van der Waals surface area contributed by atoms with Crippen LogP contribution in [-0.2, 0) is 6.42 Å². The molecule has 0 aliphatic heterocycles. The van der Waals surface area contributed by atoms with Gasteiger partial charge in [-0.3, -0.25) is 0 Å². The van der Waals surface area contributed by atoms with E-state index in [1.165, 1.54) is 6.07 Å². The van der Waals surface area contributed by atoms with Crippen LogP contribution in [0.3, 0.4) is 0 Å². The molecule has 0 radical (unpaired) electrons. The summed E-state index contributed by atoms with van der Waals surface area (Å²) in [4.78, 5) is 5.48. The molecule has 0 aliphatic rings. The fourth-order valence-corrected chi connectivity index (χ4v) is 2.98. The molecule has 1 N–H and O–H groups in total. The second kappa shape index (κ2) is 5.47. The Hall–Kier alpha value is -0.780. The first-order chi connectivity index (χ1) is 8.47. The summed E-state index contributed by atoms with van der Waals surface area (Å²) in [6.07, 6.45) is -0.513. The topological polar surface area (TPSA) is 33.1 Å². The number of aliphatic hydroxyl groups excluding tert-OH is 1. The first-order valence-electron chi connectivity index (χ1n) is 5.53. The molecule has 5 heteroatoms. The molecule has 2 nitrogen and oxygen atoms in total. The lowest BCUT2D eigenvalue weighted by Gasteiger charge is -2.10. The lowest BCUT2D eigenvalue weighted by molar-refractivity contribution is 0.173. The van der Waals surface area contributed by atoms with E-state index in [2.05, 4.69) is 20.9 Å². The Morgan fingerprint density at radius 1 is 1.44 bits per heavy atom. The number of aryl methyl sites for hydroxylation is 2. The summed E-state index contributed by atoms with van der Waals surface area (Å²) in [5.41, 5.74) is 1.28. The summed E-state index contributed by atoms with van der Waals surface area (Å²) in [6, 6.07) is 4.67. The highest BCUT2D eigenvalue weighted by Gasteiger charge is 2.16. The van der Waals surface area contributed by atoms with E-state index >= 15 is 0 Å². The number of hydrogen-bond acceptors (Lipinski definition) is 3. The van der Waals surface area contributed by atoms with Gasteiger partial charge in [-0.05, 0) is 26.0 Å². The Balaban J connectivity index is 2.19. The van der Waals surface area contributed by atoms with Crippen LogP contribution in [0.5, 0.6) is 0 Å². The quantitative estimate of drug-likeness (QED) is 0.925. The van der Waals surface area contributed by atoms with Crippen LogP contribution >= 0.6 is 27.3 Å². The monoisotopic (exact) mass is 329 g/mol. The van der Waals surface area contributed by atoms with Crippen LogP contribution in [0.25, 0.3) is 0 Å². The molecule has 2 rings (SSSR count). The van der Waals surface area contributed by atoms with Crippen LogP contribution in [0, 0.1) is 19.7 Å². The minimum absolute atomic E-state index is 0.309. The molecule has 0 spiro atoms. The van der Waals surface area contributed by atoms with Crippen molar-refractivity contribution in [3.05, 3.63) is 49.6 Å². The van der Waals surface area contributed by atoms with Crippen molar-refractivity contribution in [2.75, 3.05) is 0 Å². The molecule has 0 amide bonds. The molecule has 0 saturated carbocycles. The van der Waals surface area contributed by atoms with Gasteiger partial charge in [0.25, 0.3) is 0 Å². The van der Waals surface area contributed by atoms with Crippen molar-refractivity contribution in [1.29, 1.82) is 0 Å². The Morgan fingerprint density at radius 2 is 2.17 bits per heavy atom. The minimum Gasteiger partial charge on any atom is -0.388 e. The Morgan fingerprint density at radius 3 is 2.72 bits per heavy atom. The Labute approximate surface area is 118 Å². The predicted molar refractivity (Wildman–Crippen MR) is 74.4 cm³/mol. The average Bonchev–Trinajstić information content (AvgIpc) is 2.57. The zero-order valence-electron chi connectivity index (χ0n) is 10.1. The number of aliphatic hydroxyl groups is 1. The first kappa shape index (κ1) is 13.6. The molecule has 1 atom stereocenters. The van der Waals surface area contributed by atoms with Crippen molar-refractivity contribution in [1.82, 2.24) is 4.98 Å². The van der Waals surface area contributed by atoms with Gasteiger partial charge >= 0.3 is 0 Å². The maximum absolute atomic E-state index is 13.7. The minimum atomic E-state index is -0.858. The summed E-state index contributed by atoms with van der Waals surface area (Å²) in [7, 11) is 0. The van der Waals surface area contributed by atoms with Crippen molar-refractivity contribution >= 4 is 27.3 Å². The predicted octanol–water partition coefficient (Wildman–Crippen LogP) is 3.94. The highest BCUT2D eigenvalue weighted by atomic mass is 79.9. The van der Waals surface area contributed by atoms with Gasteiger partial charge in [0.2, 0.25) is 0 Å². The first-order valence-corrected chi connectivity index (χ1v) is 7.14. The van der Waals surface area contributed by atoms with E-state index in [0.29, 0.717) is 16.5 Å². The number of hydrogen-bond donors (Lipinski definition) is 1. The van der Waals surface area contributed by atoms with Gasteiger partial charge in [-0.15, -0.1) is 11.3 Å². The van der Waals surface area contributed by atoms with Crippen LogP contribution in [-0.4, -0.2) is 10.1 Å². The fourth-order valence-electron chi connectivity index (χ4n) is 1.67. The molecular formula is C13H13BrFNOS. The van der Waals surface area contributed by atoms with E-state index < -0.39 is 11.9 Å². The lowest BCUT2D eigenvalue weighted by Crippen LogP contribution is -2.04. The highest BCUT2D eigenvalue weighted by molar-refractivity contribution is 9.10. The van der Waals surface area contributed by atoms with Crippen molar-refractivity contribution in [2.24, 2.45) is 0 Å². The molecule has 96 valence electrons. The number of benzene rings is 1. The molecule has 1 aromatic carbocycles. The Kier molecular flexibility index (Phi) is 4.14. The molecule has 1 aromatic heterocycles. The van der Waals surface area contributed by atoms with Crippen molar-refractivity contribution in [2.45, 2.75) is 26.4 Å². The number of aromatic nitrogens is 1. The van der Waals surface area contributed by atoms with Crippen LogP contribution in [0.1, 0.15) is 27.2 Å². The van der Waals surface area contributed by atoms with Crippen LogP contribution in [0.2, 0.25) is 0 Å². The van der Waals surface area contributed by atoms with E-state index in [9.17, 15) is 9.50 Å². The fraction of sp³-hybridized carbons (Fsp3) is 0.308. The van der Waals surface area contributed by atoms with Gasteiger partial charge in [-0.1, -0.05) is 22.0 Å². The number of halogens is 2. The normalized spacial score (nSPS) is 12.7. The number of thiazole rings is 1. The second-order valence-electron chi connectivity index (χ2n) is 4.13. The molecule has 0 saturated heterocycles. The van der Waals surface area contributed by atoms with E-state index in [1.807, 2.05) is 13.8 Å². The summed E-state index contributed by atoms with van der Waals surface area (Å²) in [6.45, 7) is 3.92. The summed E-state index contributed by atoms with van der Waals surface area (Å²) in [5.74, 6) is -0.401. The molecule has 1 unspecified atom stereocenters. The van der Waals surface area contributed by atoms with Crippen LogP contribution in [0.15, 0.2) is 22.7 Å². The SMILES string of the molecule is Cc1nc(CC(O)c2ccc(Br)cc2F)sc1C. The summed E-state index contributed by atoms with van der Waals surface area (Å²) < 4.78 is 14.3. The van der Waals surface area contributed by atoms with Gasteiger partial charge in [0.05, 0.1) is 16.8 Å². The smallest absolute Gasteiger partial charge is 0.130 e. The largest absolute Gasteiger partial charge is 0.388 e. The number of rotatable bonds is 3. The average molecular weight is 330 g/mol. The molecule has 1 heterocycles. The van der Waals surface area contributed by atoms with E-state index in [1.54, 1.807) is 23.5 Å². The molecule has 18 heavy (non-hydrogen) atoms. The van der Waals surface area contributed by atoms with Gasteiger partial charge in [-0.25, -0.2) is 9.37 Å². The molecule has 0 aliphatic carbocycles. The standard InChI is InChI=1S/C13H13BrFNOS/c1-7-8(2)18-13(16-7)6-12(17)10-4-3-9(14)5-11(10)15/h3-5,12,17H,6H2,1-2H3. The van der Waals surface area contributed by atoms with Gasteiger partial charge < -0.3 is 5.11 Å². The van der Waals surface area contributed by atoms with Gasteiger partial charge in [0.1, 0.15) is 5.82 Å². The molecule has 0 bridgehead atoms. The molecular weight excluding hydrogens is 317 g/mol. The van der Waals surface area contributed by atoms with E-state index in [0.717, 1.165) is 15.6 Å². The third-order valence-corrected chi connectivity index (χ3v) is 4.35. The van der Waals surface area contributed by atoms with Crippen molar-refractivity contribution in [3.63, 3.8) is 0 Å². The molecule has 0 fully saturated rings. The Bertz CT molecular complexity index is 551. The summed E-state index contributed by atoms with van der Waals surface area (Å²) >= 11 is 4.74. The zero-order chi connectivity index (χ0) is 13.3. The van der Waals surface area contributed by atoms with Gasteiger partial charge in [0, 0.05) is 21.3 Å². The van der Waals surface area contributed by atoms with Gasteiger partial charge in [-0.2, -0.15) is 0 Å². The van der Waals surface area contributed by atoms with Crippen molar-refractivity contribution in [3.8, 4) is 0 Å². The number of nitrogens with zero attached hydrogens (tertiary/aromatic N) is 1. The van der Waals surface area contributed by atoms with Gasteiger partial charge in [0.15, 0.2) is 0 Å². The van der Waals surface area contributed by atoms with Crippen LogP contribution < -0.4 is 0 Å². The maximum Gasteiger partial charge on any atom is 0.130 e. The molecule has 2 aromatic rings. The lowest BCUT2D eigenvalue weighted by atomic mass is 10.1. The highest BCUT2D eigenvalue weighted by Crippen LogP contribution is 2.26. The van der Waals surface area contributed by atoms with Crippen LogP contribution in [0.4, 0.5) is 4.39 Å². The van der Waals surface area contributed by atoms with E-state index in [-0.39, 0.29) is 0 Å². The van der Waals surface area contributed by atoms with E-state index in [4.69, 9.17) is 0 Å². The third-order valence-electron chi connectivity index (χ3n) is 2.76. The second-order valence-corrected chi connectivity index (χ2v) is 6.34. The maximum atomic E-state index is 13.7. The zero-order valence-corrected chi connectivity index (χ0v) is 12.5. The summed E-state index contributed by atoms with van der Waals surface area (Å²) in [5, 5.41) is 10.9.